The molecule has 1 aliphatic rings. The molecule has 3 N–H and O–H groups in total. The summed E-state index contributed by atoms with van der Waals surface area (Å²) in [6, 6.07) is 0. The van der Waals surface area contributed by atoms with Crippen molar-refractivity contribution < 1.29 is 14.9 Å². The zero-order valence-electron chi connectivity index (χ0n) is 12.7. The first-order chi connectivity index (χ1) is 9.61. The maximum absolute atomic E-state index is 11.9. The lowest BCUT2D eigenvalue weighted by atomic mass is 10.2. The second-order valence-electron chi connectivity index (χ2n) is 6.65. The molecule has 0 amide bonds. The Morgan fingerprint density at radius 1 is 1.43 bits per heavy atom. The lowest BCUT2D eigenvalue weighted by Crippen LogP contribution is -2.50. The summed E-state index contributed by atoms with van der Waals surface area (Å²) in [5.41, 5.74) is -1.35. The largest absolute Gasteiger partial charge is 0.394 e. The van der Waals surface area contributed by atoms with Crippen LogP contribution >= 0.6 is 0 Å². The molecule has 1 saturated heterocycles. The molecule has 0 aliphatic carbocycles. The number of aryl methyl sites for hydroxylation is 1. The van der Waals surface area contributed by atoms with E-state index in [4.69, 9.17) is 4.74 Å². The van der Waals surface area contributed by atoms with Gasteiger partial charge in [-0.3, -0.25) is 14.3 Å². The normalized spacial score (nSPS) is 27.8. The van der Waals surface area contributed by atoms with Crippen LogP contribution in [-0.2, 0) is 4.74 Å². The van der Waals surface area contributed by atoms with Gasteiger partial charge in [-0.25, -0.2) is 4.79 Å². The topological polar surface area (TPSA) is 105 Å². The minimum atomic E-state index is -1.91. The number of H-pyrrole nitrogens is 1. The highest BCUT2D eigenvalue weighted by atomic mass is 28.3. The Balaban J connectivity index is 2.28. The van der Waals surface area contributed by atoms with Gasteiger partial charge in [-0.15, -0.1) is 0 Å². The van der Waals surface area contributed by atoms with E-state index in [2.05, 4.69) is 4.98 Å². The molecule has 1 unspecified atom stereocenters. The van der Waals surface area contributed by atoms with Crippen molar-refractivity contribution in [1.82, 2.24) is 9.55 Å². The zero-order valence-corrected chi connectivity index (χ0v) is 13.7. The van der Waals surface area contributed by atoms with Gasteiger partial charge in [-0.2, -0.15) is 0 Å². The summed E-state index contributed by atoms with van der Waals surface area (Å²) in [6.07, 6.45) is -0.602. The summed E-state index contributed by atoms with van der Waals surface area (Å²) >= 11 is 0. The quantitative estimate of drug-likeness (QED) is 0.666. The summed E-state index contributed by atoms with van der Waals surface area (Å²) in [7, 11) is -1.91. The summed E-state index contributed by atoms with van der Waals surface area (Å²) in [4.78, 5) is 25.4. The van der Waals surface area contributed by atoms with Crippen LogP contribution in [0.4, 0.5) is 0 Å². The molecule has 2 rings (SSSR count). The van der Waals surface area contributed by atoms with Crippen molar-refractivity contribution in [2.24, 2.45) is 0 Å². The molecular formula is C13H22N2O5Si. The van der Waals surface area contributed by atoms with Gasteiger partial charge in [0.1, 0.15) is 12.3 Å². The molecule has 8 heteroatoms. The van der Waals surface area contributed by atoms with E-state index in [1.165, 1.54) is 10.8 Å². The lowest BCUT2D eigenvalue weighted by molar-refractivity contribution is -0.0618. The van der Waals surface area contributed by atoms with Gasteiger partial charge in [-0.1, -0.05) is 19.6 Å². The number of aromatic amines is 1. The number of nitrogens with one attached hydrogen (secondary N) is 1. The second kappa shape index (κ2) is 5.52. The van der Waals surface area contributed by atoms with E-state index in [0.717, 1.165) is 0 Å². The molecule has 1 aromatic rings. The highest BCUT2D eigenvalue weighted by Gasteiger charge is 2.44. The monoisotopic (exact) mass is 314 g/mol. The Hall–Kier alpha value is -1.22. The molecule has 0 aromatic carbocycles. The van der Waals surface area contributed by atoms with Crippen LogP contribution in [0.3, 0.4) is 0 Å². The molecule has 2 heterocycles. The van der Waals surface area contributed by atoms with Crippen molar-refractivity contribution in [2.45, 2.75) is 57.1 Å². The molecule has 1 aliphatic heterocycles. The minimum Gasteiger partial charge on any atom is -0.394 e. The molecule has 1 aromatic heterocycles. The third-order valence-corrected chi connectivity index (χ3v) is 5.89. The third kappa shape index (κ3) is 3.18. The number of aromatic nitrogens is 2. The summed E-state index contributed by atoms with van der Waals surface area (Å²) in [5.74, 6) is 0. The molecule has 0 bridgehead atoms. The van der Waals surface area contributed by atoms with Crippen molar-refractivity contribution in [3.63, 3.8) is 0 Å². The predicted molar refractivity (Wildman–Crippen MR) is 79.9 cm³/mol. The Morgan fingerprint density at radius 3 is 2.62 bits per heavy atom. The van der Waals surface area contributed by atoms with E-state index in [1.54, 1.807) is 6.92 Å². The second-order valence-corrected chi connectivity index (χ2v) is 12.0. The average molecular weight is 314 g/mol. The van der Waals surface area contributed by atoms with E-state index >= 15 is 0 Å². The van der Waals surface area contributed by atoms with Crippen molar-refractivity contribution in [1.29, 1.82) is 0 Å². The van der Waals surface area contributed by atoms with Gasteiger partial charge in [0.15, 0.2) is 0 Å². The molecule has 0 radical (unpaired) electrons. The SMILES string of the molecule is Cc1cn([C@H]2C[C@H](O)[C@@H](C(O)[Si](C)(C)C)O2)c(=O)[nH]c1=O. The average Bonchev–Trinajstić information content (AvgIpc) is 2.73. The summed E-state index contributed by atoms with van der Waals surface area (Å²) in [5, 5.41) is 20.4. The van der Waals surface area contributed by atoms with Gasteiger partial charge in [0.25, 0.3) is 5.56 Å². The van der Waals surface area contributed by atoms with Crippen LogP contribution in [0.2, 0.25) is 19.6 Å². The van der Waals surface area contributed by atoms with E-state index in [9.17, 15) is 19.8 Å². The van der Waals surface area contributed by atoms with Gasteiger partial charge < -0.3 is 14.9 Å². The lowest BCUT2D eigenvalue weighted by Gasteiger charge is -2.30. The Kier molecular flexibility index (Phi) is 4.25. The maximum Gasteiger partial charge on any atom is 0.330 e. The highest BCUT2D eigenvalue weighted by molar-refractivity contribution is 6.77. The van der Waals surface area contributed by atoms with E-state index in [-0.39, 0.29) is 6.42 Å². The fraction of sp³-hybridized carbons (Fsp3) is 0.692. The van der Waals surface area contributed by atoms with Crippen LogP contribution in [0.15, 0.2) is 15.8 Å². The fourth-order valence-electron chi connectivity index (χ4n) is 2.43. The third-order valence-electron chi connectivity index (χ3n) is 3.79. The van der Waals surface area contributed by atoms with Gasteiger partial charge in [-0.05, 0) is 6.92 Å². The van der Waals surface area contributed by atoms with Crippen LogP contribution in [-0.4, -0.2) is 45.8 Å². The first-order valence-corrected chi connectivity index (χ1v) is 10.5. The Bertz CT molecular complexity index is 633. The van der Waals surface area contributed by atoms with Crippen LogP contribution in [0, 0.1) is 6.92 Å². The van der Waals surface area contributed by atoms with Crippen LogP contribution < -0.4 is 11.2 Å². The van der Waals surface area contributed by atoms with Crippen LogP contribution in [0.1, 0.15) is 18.2 Å². The summed E-state index contributed by atoms with van der Waals surface area (Å²) < 4.78 is 6.96. The van der Waals surface area contributed by atoms with Crippen LogP contribution in [0.25, 0.3) is 0 Å². The molecule has 7 nitrogen and oxygen atoms in total. The molecule has 1 fully saturated rings. The van der Waals surface area contributed by atoms with E-state index < -0.39 is 43.5 Å². The van der Waals surface area contributed by atoms with Crippen molar-refractivity contribution in [3.05, 3.63) is 32.6 Å². The van der Waals surface area contributed by atoms with Gasteiger partial charge >= 0.3 is 5.69 Å². The van der Waals surface area contributed by atoms with Gasteiger partial charge in [0, 0.05) is 18.2 Å². The number of aliphatic hydroxyl groups excluding tert-OH is 2. The first-order valence-electron chi connectivity index (χ1n) is 6.95. The maximum atomic E-state index is 11.9. The number of aliphatic hydroxyl groups is 2. The van der Waals surface area contributed by atoms with Gasteiger partial charge in [0.05, 0.1) is 19.9 Å². The van der Waals surface area contributed by atoms with E-state index in [0.29, 0.717) is 5.56 Å². The van der Waals surface area contributed by atoms with Crippen LogP contribution in [0.5, 0.6) is 0 Å². The molecule has 0 spiro atoms. The molecular weight excluding hydrogens is 292 g/mol. The van der Waals surface area contributed by atoms with Crippen molar-refractivity contribution in [2.75, 3.05) is 0 Å². The Morgan fingerprint density at radius 2 is 2.05 bits per heavy atom. The first kappa shape index (κ1) is 16.2. The molecule has 4 atom stereocenters. The number of hydrogen-bond donors (Lipinski definition) is 3. The fourth-order valence-corrected chi connectivity index (χ4v) is 3.71. The van der Waals surface area contributed by atoms with Crippen molar-refractivity contribution >= 4 is 8.07 Å². The number of rotatable bonds is 3. The zero-order chi connectivity index (χ0) is 15.9. The van der Waals surface area contributed by atoms with Gasteiger partial charge in [0.2, 0.25) is 0 Å². The standard InChI is InChI=1S/C13H22N2O5Si/c1-7-6-15(13(19)14-11(7)17)9-5-8(16)10(20-9)12(18)21(2,3)4/h6,8-10,12,16,18H,5H2,1-4H3,(H,14,17,19)/t8-,9+,10-,12?/m0/s1. The summed E-state index contributed by atoms with van der Waals surface area (Å²) in [6.45, 7) is 7.54. The molecule has 118 valence electrons. The number of ether oxygens (including phenoxy) is 1. The Labute approximate surface area is 123 Å². The number of hydrogen-bond acceptors (Lipinski definition) is 5. The smallest absolute Gasteiger partial charge is 0.330 e. The predicted octanol–water partition coefficient (Wildman–Crippen LogP) is -0.268. The minimum absolute atomic E-state index is 0.206. The number of nitrogens with zero attached hydrogens (tertiary/aromatic N) is 1. The molecule has 21 heavy (non-hydrogen) atoms. The van der Waals surface area contributed by atoms with E-state index in [1.807, 2.05) is 19.6 Å². The van der Waals surface area contributed by atoms with Crippen molar-refractivity contribution in [3.8, 4) is 0 Å². The molecule has 0 saturated carbocycles. The highest BCUT2D eigenvalue weighted by Crippen LogP contribution is 2.32.